The van der Waals surface area contributed by atoms with E-state index >= 15 is 0 Å². The fourth-order valence-electron chi connectivity index (χ4n) is 3.52. The molecule has 2 aromatic carbocycles. The summed E-state index contributed by atoms with van der Waals surface area (Å²) in [6.45, 7) is 3.03. The van der Waals surface area contributed by atoms with E-state index in [1.165, 1.54) is 0 Å². The van der Waals surface area contributed by atoms with Gasteiger partial charge in [0.05, 0.1) is 0 Å². The van der Waals surface area contributed by atoms with Crippen molar-refractivity contribution in [2.45, 2.75) is 30.1 Å². The minimum Gasteiger partial charge on any atom is -0.381 e. The summed E-state index contributed by atoms with van der Waals surface area (Å²) in [7, 11) is -4.32. The molecule has 0 spiro atoms. The molecule has 0 radical (unpaired) electrons. The van der Waals surface area contributed by atoms with Gasteiger partial charge in [0, 0.05) is 25.2 Å². The Kier molecular flexibility index (Phi) is 5.41. The predicted octanol–water partition coefficient (Wildman–Crippen LogP) is 3.30. The van der Waals surface area contributed by atoms with Gasteiger partial charge in [-0.2, -0.15) is 0 Å². The third kappa shape index (κ3) is 3.65. The summed E-state index contributed by atoms with van der Waals surface area (Å²) in [6, 6.07) is 10.8. The van der Waals surface area contributed by atoms with Gasteiger partial charge < -0.3 is 4.74 Å². The first-order chi connectivity index (χ1) is 12.4. The molecule has 3 rings (SSSR count). The van der Waals surface area contributed by atoms with Crippen LogP contribution in [0.5, 0.6) is 0 Å². The van der Waals surface area contributed by atoms with Gasteiger partial charge in [-0.15, -0.1) is 0 Å². The topological polar surface area (TPSA) is 55.4 Å². The maximum absolute atomic E-state index is 13.9. The number of hydrogen-bond acceptors (Lipinski definition) is 3. The Bertz CT molecular complexity index is 873. The van der Waals surface area contributed by atoms with Crippen molar-refractivity contribution in [1.29, 1.82) is 0 Å². The molecule has 0 aromatic heterocycles. The molecule has 7 heteroatoms. The molecule has 4 nitrogen and oxygen atoms in total. The monoisotopic (exact) mass is 381 g/mol. The number of nitrogens with one attached hydrogen (secondary N) is 1. The number of ether oxygens (including phenoxy) is 1. The standard InChI is InChI=1S/C19H21F2NO3S/c1-14-5-2-3-6-15(14)19(9-11-25-12-10-19)13-22-26(23,24)18-16(20)7-4-8-17(18)21/h2-8,22H,9-13H2,1H3. The SMILES string of the molecule is Cc1ccccc1C1(CNS(=O)(=O)c2c(F)cccc2F)CCOCC1. The van der Waals surface area contributed by atoms with Gasteiger partial charge in [0.15, 0.2) is 4.90 Å². The highest BCUT2D eigenvalue weighted by Gasteiger charge is 2.37. The van der Waals surface area contributed by atoms with Crippen LogP contribution in [-0.2, 0) is 20.2 Å². The van der Waals surface area contributed by atoms with Gasteiger partial charge in [0.1, 0.15) is 11.6 Å². The van der Waals surface area contributed by atoms with Crippen molar-refractivity contribution in [1.82, 2.24) is 4.72 Å². The summed E-state index contributed by atoms with van der Waals surface area (Å²) >= 11 is 0. The maximum atomic E-state index is 13.9. The first kappa shape index (κ1) is 18.9. The second-order valence-electron chi connectivity index (χ2n) is 6.58. The second-order valence-corrected chi connectivity index (χ2v) is 8.29. The van der Waals surface area contributed by atoms with Crippen molar-refractivity contribution in [2.75, 3.05) is 19.8 Å². The van der Waals surface area contributed by atoms with E-state index in [-0.39, 0.29) is 6.54 Å². The number of benzene rings is 2. The Morgan fingerprint density at radius 3 is 2.27 bits per heavy atom. The fourth-order valence-corrected chi connectivity index (χ4v) is 4.78. The van der Waals surface area contributed by atoms with Gasteiger partial charge in [-0.05, 0) is 43.0 Å². The third-order valence-electron chi connectivity index (χ3n) is 4.95. The van der Waals surface area contributed by atoms with E-state index < -0.39 is 32.0 Å². The minimum absolute atomic E-state index is 0.0529. The third-order valence-corrected chi connectivity index (χ3v) is 6.41. The smallest absolute Gasteiger partial charge is 0.246 e. The molecule has 1 fully saturated rings. The first-order valence-corrected chi connectivity index (χ1v) is 9.92. The van der Waals surface area contributed by atoms with Crippen molar-refractivity contribution < 1.29 is 21.9 Å². The van der Waals surface area contributed by atoms with Crippen LogP contribution in [0.1, 0.15) is 24.0 Å². The van der Waals surface area contributed by atoms with Crippen molar-refractivity contribution in [3.63, 3.8) is 0 Å². The molecule has 1 heterocycles. The highest BCUT2D eigenvalue weighted by Crippen LogP contribution is 2.36. The lowest BCUT2D eigenvalue weighted by molar-refractivity contribution is 0.0515. The quantitative estimate of drug-likeness (QED) is 0.865. The Balaban J connectivity index is 1.93. The Morgan fingerprint density at radius 1 is 1.04 bits per heavy atom. The molecule has 0 aliphatic carbocycles. The number of halogens is 2. The number of rotatable bonds is 5. The average molecular weight is 381 g/mol. The molecule has 1 N–H and O–H groups in total. The lowest BCUT2D eigenvalue weighted by Gasteiger charge is -2.38. The average Bonchev–Trinajstić information content (AvgIpc) is 2.61. The number of aryl methyl sites for hydroxylation is 1. The van der Waals surface area contributed by atoms with Gasteiger partial charge in [-0.3, -0.25) is 0 Å². The van der Waals surface area contributed by atoms with E-state index in [1.54, 1.807) is 0 Å². The van der Waals surface area contributed by atoms with Crippen molar-refractivity contribution >= 4 is 10.0 Å². The molecule has 0 unspecified atom stereocenters. The molecule has 0 bridgehead atoms. The van der Waals surface area contributed by atoms with E-state index in [0.29, 0.717) is 26.1 Å². The van der Waals surface area contributed by atoms with Gasteiger partial charge in [0.2, 0.25) is 10.0 Å². The molecule has 0 saturated carbocycles. The van der Waals surface area contributed by atoms with Crippen LogP contribution in [0.25, 0.3) is 0 Å². The summed E-state index contributed by atoms with van der Waals surface area (Å²) in [5.74, 6) is -2.20. The van der Waals surface area contributed by atoms with Crippen LogP contribution in [-0.4, -0.2) is 28.2 Å². The van der Waals surface area contributed by atoms with Gasteiger partial charge in [0.25, 0.3) is 0 Å². The largest absolute Gasteiger partial charge is 0.381 e. The zero-order valence-electron chi connectivity index (χ0n) is 14.5. The minimum atomic E-state index is -4.32. The van der Waals surface area contributed by atoms with Crippen LogP contribution in [0, 0.1) is 18.6 Å². The number of hydrogen-bond donors (Lipinski definition) is 1. The summed E-state index contributed by atoms with van der Waals surface area (Å²) in [4.78, 5) is -0.938. The molecule has 1 aliphatic heterocycles. The fraction of sp³-hybridized carbons (Fsp3) is 0.368. The molecular weight excluding hydrogens is 360 g/mol. The number of sulfonamides is 1. The Hall–Kier alpha value is -1.83. The van der Waals surface area contributed by atoms with Crippen molar-refractivity contribution in [3.8, 4) is 0 Å². The van der Waals surface area contributed by atoms with Crippen LogP contribution in [0.15, 0.2) is 47.4 Å². The Labute approximate surface area is 152 Å². The van der Waals surface area contributed by atoms with Crippen LogP contribution in [0.4, 0.5) is 8.78 Å². The highest BCUT2D eigenvalue weighted by atomic mass is 32.2. The zero-order valence-corrected chi connectivity index (χ0v) is 15.3. The molecular formula is C19H21F2NO3S. The van der Waals surface area contributed by atoms with E-state index in [9.17, 15) is 17.2 Å². The molecule has 0 atom stereocenters. The van der Waals surface area contributed by atoms with E-state index in [4.69, 9.17) is 4.74 Å². The molecule has 2 aromatic rings. The molecule has 140 valence electrons. The molecule has 1 saturated heterocycles. The summed E-state index contributed by atoms with van der Waals surface area (Å²) < 4.78 is 60.8. The van der Waals surface area contributed by atoms with Crippen LogP contribution in [0.3, 0.4) is 0 Å². The van der Waals surface area contributed by atoms with Crippen molar-refractivity contribution in [2.24, 2.45) is 0 Å². The Morgan fingerprint density at radius 2 is 1.65 bits per heavy atom. The lowest BCUT2D eigenvalue weighted by atomic mass is 9.73. The van der Waals surface area contributed by atoms with Gasteiger partial charge in [-0.1, -0.05) is 30.3 Å². The first-order valence-electron chi connectivity index (χ1n) is 8.43. The molecule has 1 aliphatic rings. The van der Waals surface area contributed by atoms with Crippen molar-refractivity contribution in [3.05, 3.63) is 65.2 Å². The summed E-state index contributed by atoms with van der Waals surface area (Å²) in [6.07, 6.45) is 1.25. The van der Waals surface area contributed by atoms with E-state index in [2.05, 4.69) is 4.72 Å². The van der Waals surface area contributed by atoms with Gasteiger partial charge in [-0.25, -0.2) is 21.9 Å². The van der Waals surface area contributed by atoms with Crippen LogP contribution in [0.2, 0.25) is 0 Å². The lowest BCUT2D eigenvalue weighted by Crippen LogP contribution is -2.45. The zero-order chi connectivity index (χ0) is 18.8. The second kappa shape index (κ2) is 7.42. The van der Waals surface area contributed by atoms with Crippen LogP contribution >= 0.6 is 0 Å². The van der Waals surface area contributed by atoms with E-state index in [0.717, 1.165) is 29.3 Å². The normalized spacial score (nSPS) is 17.2. The van der Waals surface area contributed by atoms with Crippen LogP contribution < -0.4 is 4.72 Å². The van der Waals surface area contributed by atoms with Gasteiger partial charge >= 0.3 is 0 Å². The highest BCUT2D eigenvalue weighted by molar-refractivity contribution is 7.89. The predicted molar refractivity (Wildman–Crippen MR) is 94.5 cm³/mol. The maximum Gasteiger partial charge on any atom is 0.246 e. The summed E-state index contributed by atoms with van der Waals surface area (Å²) in [5.41, 5.74) is 1.60. The summed E-state index contributed by atoms with van der Waals surface area (Å²) in [5, 5.41) is 0. The molecule has 26 heavy (non-hydrogen) atoms. The van der Waals surface area contributed by atoms with E-state index in [1.807, 2.05) is 31.2 Å². The molecule has 0 amide bonds.